The van der Waals surface area contributed by atoms with Crippen molar-refractivity contribution in [2.24, 2.45) is 11.8 Å². The van der Waals surface area contributed by atoms with Crippen LogP contribution in [0.15, 0.2) is 29.1 Å². The highest BCUT2D eigenvalue weighted by Crippen LogP contribution is 2.33. The molecular formula is C25H37N3O3. The minimum absolute atomic E-state index is 0.0175. The molecule has 1 aromatic heterocycles. The number of piperidine rings is 1. The maximum Gasteiger partial charge on any atom is 0.329 e. The molecule has 0 N–H and O–H groups in total. The smallest absolute Gasteiger partial charge is 0.329 e. The van der Waals surface area contributed by atoms with Crippen molar-refractivity contribution in [1.29, 1.82) is 0 Å². The first kappa shape index (κ1) is 22.1. The molecule has 1 saturated carbocycles. The van der Waals surface area contributed by atoms with Crippen LogP contribution < -0.4 is 5.69 Å². The highest BCUT2D eigenvalue weighted by molar-refractivity contribution is 5.77. The van der Waals surface area contributed by atoms with E-state index in [0.29, 0.717) is 13.1 Å². The molecule has 2 aromatic rings. The van der Waals surface area contributed by atoms with Crippen LogP contribution in [0.1, 0.15) is 64.3 Å². The fourth-order valence-electron chi connectivity index (χ4n) is 5.81. The van der Waals surface area contributed by atoms with Gasteiger partial charge in [-0.15, -0.1) is 0 Å². The maximum absolute atomic E-state index is 13.3. The molecule has 1 aliphatic heterocycles. The average molecular weight is 428 g/mol. The second kappa shape index (κ2) is 10.0. The van der Waals surface area contributed by atoms with Gasteiger partial charge in [-0.25, -0.2) is 4.79 Å². The topological polar surface area (TPSA) is 56.5 Å². The number of benzene rings is 1. The molecule has 2 aliphatic rings. The van der Waals surface area contributed by atoms with Crippen LogP contribution in [-0.4, -0.2) is 46.7 Å². The number of methoxy groups -OCH3 is 1. The van der Waals surface area contributed by atoms with E-state index in [1.54, 1.807) is 0 Å². The number of carbonyl (C=O) groups excluding carboxylic acids is 1. The summed E-state index contributed by atoms with van der Waals surface area (Å²) in [5.74, 6) is 0.202. The molecule has 170 valence electrons. The van der Waals surface area contributed by atoms with Crippen molar-refractivity contribution in [3.8, 4) is 0 Å². The Hall–Kier alpha value is -2.08. The Labute approximate surface area is 185 Å². The van der Waals surface area contributed by atoms with Crippen LogP contribution in [0, 0.1) is 11.8 Å². The maximum atomic E-state index is 13.3. The molecule has 0 amide bonds. The standard InChI is InChI=1S/C25H37N3O3/c1-3-27-22-13-9-10-14-23(22)28(25(27)30)21-15-16-26(18-20(21)24(29)31-2)17-19-11-7-5-4-6-8-12-19/h9-10,13-14,19-21H,3-8,11-12,15-18H2,1-2H3/t20-,21-/m0/s1. The lowest BCUT2D eigenvalue weighted by atomic mass is 9.88. The molecule has 2 fully saturated rings. The molecule has 2 heterocycles. The predicted octanol–water partition coefficient (Wildman–Crippen LogP) is 4.22. The van der Waals surface area contributed by atoms with Crippen molar-refractivity contribution in [3.63, 3.8) is 0 Å². The van der Waals surface area contributed by atoms with Crippen molar-refractivity contribution >= 4 is 17.0 Å². The summed E-state index contributed by atoms with van der Waals surface area (Å²) in [6, 6.07) is 7.76. The van der Waals surface area contributed by atoms with Gasteiger partial charge in [-0.05, 0) is 44.2 Å². The largest absolute Gasteiger partial charge is 0.469 e. The number of hydrogen-bond donors (Lipinski definition) is 0. The number of aromatic nitrogens is 2. The Morgan fingerprint density at radius 3 is 2.39 bits per heavy atom. The van der Waals surface area contributed by atoms with Crippen LogP contribution in [0.5, 0.6) is 0 Å². The summed E-state index contributed by atoms with van der Waals surface area (Å²) in [5.41, 5.74) is 1.84. The van der Waals surface area contributed by atoms with Gasteiger partial charge in [0.2, 0.25) is 0 Å². The molecule has 0 spiro atoms. The van der Waals surface area contributed by atoms with Crippen LogP contribution in [0.25, 0.3) is 11.0 Å². The van der Waals surface area contributed by atoms with E-state index in [1.165, 1.54) is 52.1 Å². The SMILES string of the molecule is CCn1c(=O)n([C@H]2CCN(CC3CCCCCCC3)C[C@@H]2C(=O)OC)c2ccccc21. The van der Waals surface area contributed by atoms with E-state index in [1.807, 2.05) is 40.3 Å². The lowest BCUT2D eigenvalue weighted by molar-refractivity contribution is -0.149. The molecule has 1 saturated heterocycles. The molecule has 0 unspecified atom stereocenters. The third kappa shape index (κ3) is 4.59. The summed E-state index contributed by atoms with van der Waals surface area (Å²) in [7, 11) is 1.46. The first-order valence-corrected chi connectivity index (χ1v) is 12.1. The molecular weight excluding hydrogens is 390 g/mol. The number of aryl methyl sites for hydroxylation is 1. The quantitative estimate of drug-likeness (QED) is 0.671. The minimum Gasteiger partial charge on any atom is -0.469 e. The summed E-state index contributed by atoms with van der Waals surface area (Å²) in [6.07, 6.45) is 10.1. The highest BCUT2D eigenvalue weighted by atomic mass is 16.5. The zero-order chi connectivity index (χ0) is 21.8. The Balaban J connectivity index is 1.59. The van der Waals surface area contributed by atoms with Crippen molar-refractivity contribution in [3.05, 3.63) is 34.7 Å². The number of carbonyl (C=O) groups is 1. The summed E-state index contributed by atoms with van der Waals surface area (Å²) < 4.78 is 8.89. The van der Waals surface area contributed by atoms with Gasteiger partial charge in [-0.2, -0.15) is 0 Å². The first-order valence-electron chi connectivity index (χ1n) is 12.1. The third-order valence-electron chi connectivity index (χ3n) is 7.42. The molecule has 6 nitrogen and oxygen atoms in total. The van der Waals surface area contributed by atoms with E-state index in [2.05, 4.69) is 4.90 Å². The number of hydrogen-bond acceptors (Lipinski definition) is 4. The van der Waals surface area contributed by atoms with Gasteiger partial charge >= 0.3 is 11.7 Å². The molecule has 31 heavy (non-hydrogen) atoms. The number of likely N-dealkylation sites (tertiary alicyclic amines) is 1. The molecule has 2 atom stereocenters. The Bertz CT molecular complexity index is 939. The monoisotopic (exact) mass is 427 g/mol. The third-order valence-corrected chi connectivity index (χ3v) is 7.42. The van der Waals surface area contributed by atoms with Crippen LogP contribution in [-0.2, 0) is 16.1 Å². The normalized spacial score (nSPS) is 24.1. The van der Waals surface area contributed by atoms with E-state index in [-0.39, 0.29) is 23.6 Å². The van der Waals surface area contributed by atoms with Gasteiger partial charge in [-0.3, -0.25) is 13.9 Å². The number of fused-ring (bicyclic) bond motifs is 1. The van der Waals surface area contributed by atoms with E-state index >= 15 is 0 Å². The van der Waals surface area contributed by atoms with Gasteiger partial charge < -0.3 is 9.64 Å². The van der Waals surface area contributed by atoms with Gasteiger partial charge in [0.1, 0.15) is 0 Å². The molecule has 0 bridgehead atoms. The van der Waals surface area contributed by atoms with Crippen molar-refractivity contribution in [1.82, 2.24) is 14.0 Å². The molecule has 0 radical (unpaired) electrons. The number of esters is 1. The van der Waals surface area contributed by atoms with Gasteiger partial charge in [0.15, 0.2) is 0 Å². The Kier molecular flexibility index (Phi) is 7.16. The Morgan fingerprint density at radius 1 is 1.03 bits per heavy atom. The number of imidazole rings is 1. The van der Waals surface area contributed by atoms with Gasteiger partial charge in [0.25, 0.3) is 0 Å². The summed E-state index contributed by atoms with van der Waals surface area (Å²) in [6.45, 7) is 5.27. The average Bonchev–Trinajstić information content (AvgIpc) is 3.06. The van der Waals surface area contributed by atoms with Crippen molar-refractivity contribution in [2.45, 2.75) is 70.9 Å². The lowest BCUT2D eigenvalue weighted by Crippen LogP contribution is -2.48. The van der Waals surface area contributed by atoms with Gasteiger partial charge in [-0.1, -0.05) is 44.2 Å². The first-order chi connectivity index (χ1) is 15.1. The number of rotatable bonds is 5. The van der Waals surface area contributed by atoms with Gasteiger partial charge in [0, 0.05) is 26.2 Å². The second-order valence-corrected chi connectivity index (χ2v) is 9.34. The van der Waals surface area contributed by atoms with Crippen molar-refractivity contribution < 1.29 is 9.53 Å². The number of ether oxygens (including phenoxy) is 1. The van der Waals surface area contributed by atoms with Gasteiger partial charge in [0.05, 0.1) is 30.1 Å². The van der Waals surface area contributed by atoms with E-state index in [0.717, 1.165) is 36.5 Å². The van der Waals surface area contributed by atoms with Crippen LogP contribution in [0.2, 0.25) is 0 Å². The highest BCUT2D eigenvalue weighted by Gasteiger charge is 2.38. The molecule has 1 aromatic carbocycles. The van der Waals surface area contributed by atoms with E-state index in [9.17, 15) is 9.59 Å². The Morgan fingerprint density at radius 2 is 1.71 bits per heavy atom. The molecule has 4 rings (SSSR count). The van der Waals surface area contributed by atoms with E-state index in [4.69, 9.17) is 4.74 Å². The fraction of sp³-hybridized carbons (Fsp3) is 0.680. The summed E-state index contributed by atoms with van der Waals surface area (Å²) in [4.78, 5) is 28.6. The summed E-state index contributed by atoms with van der Waals surface area (Å²) in [5, 5.41) is 0. The van der Waals surface area contributed by atoms with Crippen LogP contribution in [0.3, 0.4) is 0 Å². The summed E-state index contributed by atoms with van der Waals surface area (Å²) >= 11 is 0. The lowest BCUT2D eigenvalue weighted by Gasteiger charge is -2.39. The zero-order valence-corrected chi connectivity index (χ0v) is 19.1. The fourth-order valence-corrected chi connectivity index (χ4v) is 5.81. The minimum atomic E-state index is -0.318. The second-order valence-electron chi connectivity index (χ2n) is 9.34. The number of nitrogens with zero attached hydrogens (tertiary/aromatic N) is 3. The van der Waals surface area contributed by atoms with E-state index < -0.39 is 0 Å². The zero-order valence-electron chi connectivity index (χ0n) is 19.1. The number of para-hydroxylation sites is 2. The molecule has 1 aliphatic carbocycles. The van der Waals surface area contributed by atoms with Crippen LogP contribution >= 0.6 is 0 Å². The predicted molar refractivity (Wildman–Crippen MR) is 123 cm³/mol. The van der Waals surface area contributed by atoms with Crippen LogP contribution in [0.4, 0.5) is 0 Å². The van der Waals surface area contributed by atoms with Crippen molar-refractivity contribution in [2.75, 3.05) is 26.7 Å². The molecule has 6 heteroatoms.